The minimum atomic E-state index is -0.352. The molecule has 1 N–H and O–H groups in total. The van der Waals surface area contributed by atoms with E-state index in [0.717, 1.165) is 10.0 Å². The smallest absolute Gasteiger partial charge is 0.189 e. The van der Waals surface area contributed by atoms with Gasteiger partial charge in [-0.05, 0) is 54.1 Å². The van der Waals surface area contributed by atoms with E-state index >= 15 is 0 Å². The molecule has 28 heavy (non-hydrogen) atoms. The largest absolute Gasteiger partial charge is 0.505 e. The number of rotatable bonds is 5. The number of carbonyl (C=O) groups is 1. The summed E-state index contributed by atoms with van der Waals surface area (Å²) in [5.41, 5.74) is 1.49. The fourth-order valence-corrected chi connectivity index (χ4v) is 3.09. The van der Waals surface area contributed by atoms with Crippen molar-refractivity contribution < 1.29 is 9.90 Å². The maximum absolute atomic E-state index is 12.5. The first-order chi connectivity index (χ1) is 13.4. The van der Waals surface area contributed by atoms with Gasteiger partial charge in [-0.3, -0.25) is 4.79 Å². The summed E-state index contributed by atoms with van der Waals surface area (Å²) in [6.45, 7) is 0. The van der Waals surface area contributed by atoms with E-state index < -0.39 is 0 Å². The SMILES string of the molecule is O=C(/C=C\c1cccc(Br)c1)c1cccc(N=Nc2cc(Cl)ccc2Cl)c1O. The molecule has 0 saturated carbocycles. The van der Waals surface area contributed by atoms with E-state index in [9.17, 15) is 9.90 Å². The van der Waals surface area contributed by atoms with Gasteiger partial charge >= 0.3 is 0 Å². The first-order valence-electron chi connectivity index (χ1n) is 8.11. The number of allylic oxidation sites excluding steroid dienone is 1. The lowest BCUT2D eigenvalue weighted by molar-refractivity contribution is 0.104. The van der Waals surface area contributed by atoms with Crippen LogP contribution in [0.3, 0.4) is 0 Å². The van der Waals surface area contributed by atoms with E-state index in [1.807, 2.05) is 24.3 Å². The molecule has 0 unspecified atom stereocenters. The summed E-state index contributed by atoms with van der Waals surface area (Å²) in [4.78, 5) is 12.5. The van der Waals surface area contributed by atoms with E-state index in [0.29, 0.717) is 15.7 Å². The number of benzene rings is 3. The molecule has 0 fully saturated rings. The Hall–Kier alpha value is -2.47. The third kappa shape index (κ3) is 5.07. The molecule has 4 nitrogen and oxygen atoms in total. The summed E-state index contributed by atoms with van der Waals surface area (Å²) >= 11 is 15.4. The predicted octanol–water partition coefficient (Wildman–Crippen LogP) is 7.77. The molecule has 0 bridgehead atoms. The molecule has 0 heterocycles. The molecular formula is C21H13BrCl2N2O2. The van der Waals surface area contributed by atoms with Crippen molar-refractivity contribution in [2.24, 2.45) is 10.2 Å². The Labute approximate surface area is 180 Å². The van der Waals surface area contributed by atoms with Gasteiger partial charge in [0.25, 0.3) is 0 Å². The van der Waals surface area contributed by atoms with Gasteiger partial charge in [-0.25, -0.2) is 0 Å². The molecule has 0 saturated heterocycles. The van der Waals surface area contributed by atoms with Crippen LogP contribution < -0.4 is 0 Å². The summed E-state index contributed by atoms with van der Waals surface area (Å²) in [6.07, 6.45) is 3.07. The summed E-state index contributed by atoms with van der Waals surface area (Å²) in [7, 11) is 0. The first-order valence-corrected chi connectivity index (χ1v) is 9.65. The van der Waals surface area contributed by atoms with E-state index in [1.165, 1.54) is 12.1 Å². The zero-order chi connectivity index (χ0) is 20.1. The maximum Gasteiger partial charge on any atom is 0.189 e. The molecule has 0 aromatic heterocycles. The third-order valence-corrected chi connectivity index (χ3v) is 4.78. The van der Waals surface area contributed by atoms with Gasteiger partial charge < -0.3 is 5.11 Å². The average Bonchev–Trinajstić information content (AvgIpc) is 2.68. The van der Waals surface area contributed by atoms with E-state index in [2.05, 4.69) is 26.2 Å². The molecule has 7 heteroatoms. The minimum Gasteiger partial charge on any atom is -0.505 e. The molecule has 0 atom stereocenters. The van der Waals surface area contributed by atoms with Crippen LogP contribution in [0.4, 0.5) is 11.4 Å². The lowest BCUT2D eigenvalue weighted by atomic mass is 10.1. The van der Waals surface area contributed by atoms with Crippen LogP contribution in [0.5, 0.6) is 5.75 Å². The second-order valence-corrected chi connectivity index (χ2v) is 7.48. The molecule has 140 valence electrons. The quantitative estimate of drug-likeness (QED) is 0.232. The van der Waals surface area contributed by atoms with Gasteiger partial charge in [0.05, 0.1) is 10.6 Å². The van der Waals surface area contributed by atoms with Crippen molar-refractivity contribution in [3.63, 3.8) is 0 Å². The molecule has 3 aromatic rings. The first kappa shape index (κ1) is 20.3. The van der Waals surface area contributed by atoms with Crippen LogP contribution in [-0.4, -0.2) is 10.9 Å². The Kier molecular flexibility index (Phi) is 6.62. The number of aromatic hydroxyl groups is 1. The normalized spacial score (nSPS) is 11.4. The number of ketones is 1. The Morgan fingerprint density at radius 2 is 1.71 bits per heavy atom. The van der Waals surface area contributed by atoms with Gasteiger partial charge in [0, 0.05) is 9.50 Å². The van der Waals surface area contributed by atoms with Gasteiger partial charge in [-0.2, -0.15) is 0 Å². The van der Waals surface area contributed by atoms with Crippen molar-refractivity contribution >= 4 is 62.4 Å². The Bertz CT molecular complexity index is 1100. The molecule has 0 aliphatic carbocycles. The van der Waals surface area contributed by atoms with Gasteiger partial charge in [-0.15, -0.1) is 10.2 Å². The number of hydrogen-bond acceptors (Lipinski definition) is 4. The molecular weight excluding hydrogens is 463 g/mol. The van der Waals surface area contributed by atoms with Crippen LogP contribution in [-0.2, 0) is 0 Å². The molecule has 0 amide bonds. The number of azo groups is 1. The molecule has 0 radical (unpaired) electrons. The summed E-state index contributed by atoms with van der Waals surface area (Å²) in [6, 6.07) is 17.0. The molecule has 0 aliphatic rings. The monoisotopic (exact) mass is 474 g/mol. The third-order valence-electron chi connectivity index (χ3n) is 3.73. The zero-order valence-corrected chi connectivity index (χ0v) is 17.4. The van der Waals surface area contributed by atoms with Crippen molar-refractivity contribution in [3.8, 4) is 5.75 Å². The minimum absolute atomic E-state index is 0.125. The fourth-order valence-electron chi connectivity index (χ4n) is 2.35. The second kappa shape index (κ2) is 9.15. The number of phenols is 1. The maximum atomic E-state index is 12.5. The van der Waals surface area contributed by atoms with Crippen molar-refractivity contribution in [1.82, 2.24) is 0 Å². The van der Waals surface area contributed by atoms with Gasteiger partial charge in [0.2, 0.25) is 0 Å². The van der Waals surface area contributed by atoms with Gasteiger partial charge in [0.15, 0.2) is 11.5 Å². The van der Waals surface area contributed by atoms with Crippen molar-refractivity contribution in [2.45, 2.75) is 0 Å². The fraction of sp³-hybridized carbons (Fsp3) is 0. The van der Waals surface area contributed by atoms with Crippen molar-refractivity contribution in [1.29, 1.82) is 0 Å². The van der Waals surface area contributed by atoms with Crippen LogP contribution in [0.25, 0.3) is 6.08 Å². The van der Waals surface area contributed by atoms with E-state index in [1.54, 1.807) is 36.4 Å². The Morgan fingerprint density at radius 3 is 2.50 bits per heavy atom. The summed E-state index contributed by atoms with van der Waals surface area (Å²) in [5, 5.41) is 19.3. The summed E-state index contributed by atoms with van der Waals surface area (Å²) < 4.78 is 0.909. The topological polar surface area (TPSA) is 62.0 Å². The van der Waals surface area contributed by atoms with Crippen LogP contribution >= 0.6 is 39.1 Å². The predicted molar refractivity (Wildman–Crippen MR) is 116 cm³/mol. The Morgan fingerprint density at radius 1 is 0.964 bits per heavy atom. The van der Waals surface area contributed by atoms with E-state index in [-0.39, 0.29) is 22.8 Å². The number of para-hydroxylation sites is 1. The van der Waals surface area contributed by atoms with Crippen LogP contribution in [0.1, 0.15) is 15.9 Å². The van der Waals surface area contributed by atoms with Gasteiger partial charge in [-0.1, -0.05) is 63.4 Å². The van der Waals surface area contributed by atoms with Crippen LogP contribution in [0.2, 0.25) is 10.0 Å². The number of nitrogens with zero attached hydrogens (tertiary/aromatic N) is 2. The zero-order valence-electron chi connectivity index (χ0n) is 14.3. The highest BCUT2D eigenvalue weighted by atomic mass is 79.9. The van der Waals surface area contributed by atoms with E-state index in [4.69, 9.17) is 23.2 Å². The van der Waals surface area contributed by atoms with Crippen molar-refractivity contribution in [3.05, 3.63) is 92.4 Å². The second-order valence-electron chi connectivity index (χ2n) is 5.72. The molecule has 3 rings (SSSR count). The molecule has 0 spiro atoms. The lowest BCUT2D eigenvalue weighted by Gasteiger charge is -2.04. The summed E-state index contributed by atoms with van der Waals surface area (Å²) in [5.74, 6) is -0.608. The highest BCUT2D eigenvalue weighted by Gasteiger charge is 2.12. The van der Waals surface area contributed by atoms with Gasteiger partial charge in [0.1, 0.15) is 11.4 Å². The van der Waals surface area contributed by atoms with Crippen LogP contribution in [0.15, 0.2) is 81.4 Å². The Balaban J connectivity index is 1.85. The molecule has 3 aromatic carbocycles. The molecule has 0 aliphatic heterocycles. The lowest BCUT2D eigenvalue weighted by Crippen LogP contribution is -1.94. The van der Waals surface area contributed by atoms with Crippen LogP contribution in [0, 0.1) is 0 Å². The highest BCUT2D eigenvalue weighted by Crippen LogP contribution is 2.34. The number of halogens is 3. The average molecular weight is 476 g/mol. The number of hydrogen-bond donors (Lipinski definition) is 1. The standard InChI is InChI=1S/C21H13BrCl2N2O2/c22-14-4-1-3-13(11-14)7-10-20(27)16-5-2-6-18(21(16)28)25-26-19-12-15(23)8-9-17(19)24/h1-12,28H/b10-7-,26-25?. The highest BCUT2D eigenvalue weighted by molar-refractivity contribution is 9.10. The van der Waals surface area contributed by atoms with Crippen molar-refractivity contribution in [2.75, 3.05) is 0 Å². The number of phenolic OH excluding ortho intramolecular Hbond substituents is 1. The number of carbonyl (C=O) groups excluding carboxylic acids is 1.